The van der Waals surface area contributed by atoms with E-state index in [4.69, 9.17) is 0 Å². The molecule has 8 heteroatoms. The number of halogens is 1. The van der Waals surface area contributed by atoms with Crippen LogP contribution in [0, 0.1) is 0 Å². The average molecular weight is 331 g/mol. The van der Waals surface area contributed by atoms with Crippen LogP contribution in [0.3, 0.4) is 0 Å². The Kier molecular flexibility index (Phi) is 4.88. The van der Waals surface area contributed by atoms with Gasteiger partial charge in [0.05, 0.1) is 0 Å². The lowest BCUT2D eigenvalue weighted by Crippen LogP contribution is -2.40. The van der Waals surface area contributed by atoms with E-state index in [0.717, 1.165) is 12.8 Å². The van der Waals surface area contributed by atoms with Crippen LogP contribution in [0.2, 0.25) is 0 Å². The number of nitrogens with one attached hydrogen (secondary N) is 2. The Hall–Kier alpha value is -1.15. The Morgan fingerprint density at radius 3 is 3.10 bits per heavy atom. The number of pyridine rings is 1. The Balaban J connectivity index is 0.00000161. The molecule has 3 rings (SSSR count). The molecule has 116 valence electrons. The molecule has 1 aliphatic heterocycles. The van der Waals surface area contributed by atoms with Gasteiger partial charge in [-0.2, -0.15) is 4.31 Å². The fourth-order valence-electron chi connectivity index (χ4n) is 2.84. The number of hydrogen-bond donors (Lipinski definition) is 2. The zero-order chi connectivity index (χ0) is 14.2. The smallest absolute Gasteiger partial charge is 0.245 e. The van der Waals surface area contributed by atoms with Gasteiger partial charge >= 0.3 is 0 Å². The molecule has 0 aliphatic carbocycles. The first kappa shape index (κ1) is 16.2. The Bertz CT molecular complexity index is 716. The fourth-order valence-corrected chi connectivity index (χ4v) is 4.68. The lowest BCUT2D eigenvalue weighted by atomic mass is 10.2. The monoisotopic (exact) mass is 330 g/mol. The number of fused-ring (bicyclic) bond motifs is 1. The van der Waals surface area contributed by atoms with Gasteiger partial charge < -0.3 is 10.3 Å². The van der Waals surface area contributed by atoms with E-state index in [-0.39, 0.29) is 18.4 Å². The molecule has 6 nitrogen and oxygen atoms in total. The first-order valence-corrected chi connectivity index (χ1v) is 8.17. The summed E-state index contributed by atoms with van der Waals surface area (Å²) in [6, 6.07) is 3.57. The highest BCUT2D eigenvalue weighted by molar-refractivity contribution is 7.89. The van der Waals surface area contributed by atoms with Crippen LogP contribution in [0.1, 0.15) is 12.8 Å². The normalized spacial score (nSPS) is 19.8. The maximum Gasteiger partial charge on any atom is 0.245 e. The van der Waals surface area contributed by atoms with Crippen LogP contribution < -0.4 is 5.32 Å². The van der Waals surface area contributed by atoms with Crippen molar-refractivity contribution in [3.63, 3.8) is 0 Å². The number of aromatic amines is 1. The summed E-state index contributed by atoms with van der Waals surface area (Å²) in [5.74, 6) is 0. The molecule has 0 radical (unpaired) electrons. The Morgan fingerprint density at radius 1 is 1.52 bits per heavy atom. The number of likely N-dealkylation sites (N-methyl/N-ethyl adjacent to an activating group) is 1. The second kappa shape index (κ2) is 6.31. The van der Waals surface area contributed by atoms with E-state index in [0.29, 0.717) is 29.0 Å². The van der Waals surface area contributed by atoms with Gasteiger partial charge in [-0.1, -0.05) is 0 Å². The summed E-state index contributed by atoms with van der Waals surface area (Å²) < 4.78 is 27.3. The highest BCUT2D eigenvalue weighted by atomic mass is 35.5. The molecule has 0 aromatic carbocycles. The summed E-state index contributed by atoms with van der Waals surface area (Å²) in [5.41, 5.74) is 0.607. The molecule has 0 bridgehead atoms. The summed E-state index contributed by atoms with van der Waals surface area (Å²) in [6.07, 6.45) is 5.00. The van der Waals surface area contributed by atoms with Gasteiger partial charge in [-0.05, 0) is 32.0 Å². The second-order valence-electron chi connectivity index (χ2n) is 5.02. The van der Waals surface area contributed by atoms with Crippen molar-refractivity contribution < 1.29 is 8.42 Å². The summed E-state index contributed by atoms with van der Waals surface area (Å²) >= 11 is 0. The number of nitrogens with zero attached hydrogens (tertiary/aromatic N) is 2. The van der Waals surface area contributed by atoms with Crippen molar-refractivity contribution >= 4 is 33.5 Å². The van der Waals surface area contributed by atoms with Crippen LogP contribution in [0.25, 0.3) is 11.0 Å². The lowest BCUT2D eigenvalue weighted by molar-refractivity contribution is 0.379. The molecule has 1 unspecified atom stereocenters. The minimum atomic E-state index is -3.47. The quantitative estimate of drug-likeness (QED) is 0.887. The van der Waals surface area contributed by atoms with Crippen molar-refractivity contribution in [2.75, 3.05) is 20.1 Å². The largest absolute Gasteiger partial charge is 0.345 e. The van der Waals surface area contributed by atoms with E-state index in [1.165, 1.54) is 0 Å². The fraction of sp³-hybridized carbons (Fsp3) is 0.462. The summed E-state index contributed by atoms with van der Waals surface area (Å²) in [4.78, 5) is 7.40. The van der Waals surface area contributed by atoms with Crippen LogP contribution in [0.15, 0.2) is 29.4 Å². The first-order valence-electron chi connectivity index (χ1n) is 6.73. The molecular weight excluding hydrogens is 312 g/mol. The highest BCUT2D eigenvalue weighted by Crippen LogP contribution is 2.29. The molecule has 2 aromatic heterocycles. The summed E-state index contributed by atoms with van der Waals surface area (Å²) in [6.45, 7) is 1.27. The third-order valence-electron chi connectivity index (χ3n) is 3.76. The van der Waals surface area contributed by atoms with Gasteiger partial charge in [0.1, 0.15) is 10.5 Å². The first-order chi connectivity index (χ1) is 9.64. The molecule has 0 amide bonds. The third kappa shape index (κ3) is 2.78. The van der Waals surface area contributed by atoms with Gasteiger partial charge in [0.25, 0.3) is 0 Å². The van der Waals surface area contributed by atoms with Gasteiger partial charge in [0.2, 0.25) is 10.0 Å². The molecule has 0 spiro atoms. The molecule has 2 N–H and O–H groups in total. The summed E-state index contributed by atoms with van der Waals surface area (Å²) in [7, 11) is -1.63. The number of H-pyrrole nitrogens is 1. The predicted octanol–water partition coefficient (Wildman–Crippen LogP) is 1.36. The van der Waals surface area contributed by atoms with Gasteiger partial charge in [0, 0.05) is 36.9 Å². The van der Waals surface area contributed by atoms with Crippen molar-refractivity contribution in [1.82, 2.24) is 19.6 Å². The molecule has 21 heavy (non-hydrogen) atoms. The van der Waals surface area contributed by atoms with Gasteiger partial charge in [-0.3, -0.25) is 0 Å². The Morgan fingerprint density at radius 2 is 2.33 bits per heavy atom. The molecular formula is C13H19ClN4O2S. The van der Waals surface area contributed by atoms with E-state index >= 15 is 0 Å². The van der Waals surface area contributed by atoms with Crippen LogP contribution >= 0.6 is 12.4 Å². The highest BCUT2D eigenvalue weighted by Gasteiger charge is 2.36. The molecule has 1 atom stereocenters. The van der Waals surface area contributed by atoms with E-state index in [9.17, 15) is 8.42 Å². The molecule has 0 saturated carbocycles. The van der Waals surface area contributed by atoms with E-state index in [1.54, 1.807) is 28.8 Å². The minimum absolute atomic E-state index is 0. The zero-order valence-electron chi connectivity index (χ0n) is 11.7. The SMILES string of the molecule is CNCC1CCCN1S(=O)(=O)c1c[nH]c2ncccc12.Cl. The Labute approximate surface area is 130 Å². The zero-order valence-corrected chi connectivity index (χ0v) is 13.4. The van der Waals surface area contributed by atoms with E-state index in [1.807, 2.05) is 7.05 Å². The van der Waals surface area contributed by atoms with Gasteiger partial charge in [-0.15, -0.1) is 12.4 Å². The van der Waals surface area contributed by atoms with Crippen molar-refractivity contribution in [3.8, 4) is 0 Å². The van der Waals surface area contributed by atoms with Crippen molar-refractivity contribution in [2.45, 2.75) is 23.8 Å². The molecule has 2 aromatic rings. The van der Waals surface area contributed by atoms with Gasteiger partial charge in [-0.25, -0.2) is 13.4 Å². The minimum Gasteiger partial charge on any atom is -0.345 e. The number of aromatic nitrogens is 2. The molecule has 1 aliphatic rings. The van der Waals surface area contributed by atoms with Crippen molar-refractivity contribution in [3.05, 3.63) is 24.5 Å². The second-order valence-corrected chi connectivity index (χ2v) is 6.88. The van der Waals surface area contributed by atoms with Crippen LogP contribution in [0.5, 0.6) is 0 Å². The molecule has 3 heterocycles. The van der Waals surface area contributed by atoms with Crippen LogP contribution in [-0.4, -0.2) is 48.9 Å². The third-order valence-corrected chi connectivity index (χ3v) is 5.75. The molecule has 1 saturated heterocycles. The van der Waals surface area contributed by atoms with Gasteiger partial charge in [0.15, 0.2) is 0 Å². The van der Waals surface area contributed by atoms with E-state index in [2.05, 4.69) is 15.3 Å². The number of hydrogen-bond acceptors (Lipinski definition) is 4. The topological polar surface area (TPSA) is 78.1 Å². The van der Waals surface area contributed by atoms with E-state index < -0.39 is 10.0 Å². The standard InChI is InChI=1S/C13H18N4O2S.ClH/c1-14-8-10-4-3-7-17(10)20(18,19)12-9-16-13-11(12)5-2-6-15-13;/h2,5-6,9-10,14H,3-4,7-8H2,1H3,(H,15,16);1H. The number of rotatable bonds is 4. The average Bonchev–Trinajstić information content (AvgIpc) is 3.05. The lowest BCUT2D eigenvalue weighted by Gasteiger charge is -2.23. The maximum absolute atomic E-state index is 12.8. The van der Waals surface area contributed by atoms with Crippen LogP contribution in [-0.2, 0) is 10.0 Å². The summed E-state index contributed by atoms with van der Waals surface area (Å²) in [5, 5.41) is 3.72. The van der Waals surface area contributed by atoms with Crippen LogP contribution in [0.4, 0.5) is 0 Å². The predicted molar refractivity (Wildman–Crippen MR) is 84.2 cm³/mol. The van der Waals surface area contributed by atoms with Crippen molar-refractivity contribution in [2.24, 2.45) is 0 Å². The maximum atomic E-state index is 12.8. The number of sulfonamides is 1. The molecule has 1 fully saturated rings. The van der Waals surface area contributed by atoms with Crippen molar-refractivity contribution in [1.29, 1.82) is 0 Å².